The summed E-state index contributed by atoms with van der Waals surface area (Å²) in [6.07, 6.45) is -5.87. The summed E-state index contributed by atoms with van der Waals surface area (Å²) in [6, 6.07) is 30.2. The minimum Gasteiger partial charge on any atom is -0.505 e. The first-order valence-corrected chi connectivity index (χ1v) is 34.5. The molecular weight excluding hydrogens is 1440 g/mol. The number of phenolic OH excluding ortho intramolecular Hbond substituents is 1. The zero-order chi connectivity index (χ0) is 73.5. The zero-order valence-corrected chi connectivity index (χ0v) is 66.0. The molecule has 534 valence electrons. The van der Waals surface area contributed by atoms with E-state index >= 15 is 22.0 Å². The number of hydrogen-bond donors (Lipinski definition) is 2. The van der Waals surface area contributed by atoms with Gasteiger partial charge in [0, 0.05) is 81.5 Å². The van der Waals surface area contributed by atoms with Crippen LogP contribution in [0, 0.1) is 27.9 Å². The van der Waals surface area contributed by atoms with Gasteiger partial charge in [0.1, 0.15) is 34.7 Å². The van der Waals surface area contributed by atoms with Crippen molar-refractivity contribution >= 4 is 49.2 Å². The van der Waals surface area contributed by atoms with Crippen LogP contribution in [0.4, 0.5) is 35.1 Å². The number of halogens is 8. The molecule has 2 aromatic heterocycles. The second kappa shape index (κ2) is 26.3. The number of rotatable bonds is 14. The van der Waals surface area contributed by atoms with Crippen molar-refractivity contribution in [2.45, 2.75) is 223 Å². The Labute approximate surface area is 605 Å². The van der Waals surface area contributed by atoms with Gasteiger partial charge in [-0.05, 0) is 192 Å². The normalized spacial score (nSPS) is 16.6. The van der Waals surface area contributed by atoms with Crippen LogP contribution in [-0.4, -0.2) is 38.3 Å². The molecule has 1 aliphatic carbocycles. The maximum atomic E-state index is 16.4. The molecule has 0 fully saturated rings. The number of fused-ring (bicyclic) bond motifs is 6. The van der Waals surface area contributed by atoms with Crippen molar-refractivity contribution in [3.05, 3.63) is 189 Å². The molecule has 0 saturated heterocycles. The fourth-order valence-electron chi connectivity index (χ4n) is 15.1. The van der Waals surface area contributed by atoms with E-state index in [1.54, 1.807) is 12.1 Å². The maximum Gasteiger partial charge on any atom is 0.420 e. The Kier molecular flexibility index (Phi) is 20.4. The molecule has 6 nitrogen and oxygen atoms in total. The van der Waals surface area contributed by atoms with E-state index in [2.05, 4.69) is 149 Å². The third-order valence-electron chi connectivity index (χ3n) is 19.6. The number of aromatic hydroxyl groups is 1. The van der Waals surface area contributed by atoms with Gasteiger partial charge in [-0.2, -0.15) is 26.3 Å². The Morgan fingerprint density at radius 1 is 0.460 bits per heavy atom. The first-order valence-electron chi connectivity index (χ1n) is 34.5. The Hall–Kier alpha value is -6.55. The fourth-order valence-corrected chi connectivity index (χ4v) is 15.1. The number of allylic oxidation sites excluding steroid dienone is 2. The molecule has 10 rings (SSSR count). The summed E-state index contributed by atoms with van der Waals surface area (Å²) in [6.45, 7) is 44.9. The van der Waals surface area contributed by atoms with Crippen LogP contribution in [0.3, 0.4) is 0 Å². The number of hydrogen-bond acceptors (Lipinski definition) is 4. The third-order valence-corrected chi connectivity index (χ3v) is 19.6. The van der Waals surface area contributed by atoms with Gasteiger partial charge in [0.25, 0.3) is 0 Å². The maximum absolute atomic E-state index is 16.4. The smallest absolute Gasteiger partial charge is 0.420 e. The second-order valence-corrected chi connectivity index (χ2v) is 35.7. The van der Waals surface area contributed by atoms with Crippen LogP contribution < -0.4 is 4.74 Å². The van der Waals surface area contributed by atoms with Crippen LogP contribution in [0.5, 0.6) is 11.5 Å². The topological polar surface area (TPSA) is 68.8 Å². The Morgan fingerprint density at radius 2 is 0.900 bits per heavy atom. The summed E-state index contributed by atoms with van der Waals surface area (Å²) in [5.74, 6) is -6.30. The van der Waals surface area contributed by atoms with Gasteiger partial charge in [-0.3, -0.25) is 0 Å². The Morgan fingerprint density at radius 3 is 1.34 bits per heavy atom. The number of ether oxygens (including phenoxy) is 2. The first-order chi connectivity index (χ1) is 45.2. The summed E-state index contributed by atoms with van der Waals surface area (Å²) in [5.41, 5.74) is 1.64. The minimum atomic E-state index is -5.20. The van der Waals surface area contributed by atoms with E-state index in [0.29, 0.717) is 47.1 Å². The number of phenols is 1. The van der Waals surface area contributed by atoms with E-state index in [1.165, 1.54) is 0 Å². The Bertz CT molecular complexity index is 4540. The van der Waals surface area contributed by atoms with Crippen LogP contribution in [-0.2, 0) is 70.0 Å². The molecule has 2 atom stereocenters. The SMILES string of the molecule is CC(C)(C)CC(C)(C)C1=CC(n2c3ccc(C(C)(C)C)cc3c3cc(C(C)(C)C)ccc32)C(O)(OCCCOc2c(-c3cc(C(C)(C)CC(C)(C)C)cc(-n4c5ccc(C(C)(C)C)cc5c5cc(C(C)(C)C)ccc54)c3O)cc(F)cc2C(F)(F)F)C(c2cc(F)cc(C(F)(F)F)c2)=C1.[Hf]. The van der Waals surface area contributed by atoms with Gasteiger partial charge >= 0.3 is 12.4 Å². The largest absolute Gasteiger partial charge is 0.505 e. The van der Waals surface area contributed by atoms with Crippen molar-refractivity contribution in [3.8, 4) is 28.3 Å². The molecule has 2 N–H and O–H groups in total. The van der Waals surface area contributed by atoms with Crippen LogP contribution in [0.2, 0.25) is 0 Å². The van der Waals surface area contributed by atoms with Gasteiger partial charge in [0.05, 0.1) is 35.5 Å². The van der Waals surface area contributed by atoms with Crippen molar-refractivity contribution in [2.75, 3.05) is 13.2 Å². The van der Waals surface area contributed by atoms with E-state index in [9.17, 15) is 23.4 Å². The average molecular weight is 1540 g/mol. The number of aromatic nitrogens is 2. The van der Waals surface area contributed by atoms with Gasteiger partial charge in [0.15, 0.2) is 0 Å². The number of nitrogens with zero attached hydrogens (tertiary/aromatic N) is 2. The monoisotopic (exact) mass is 1540 g/mol. The standard InChI is InChI=1S/C85H100F8N2O4.Hf/c1-75(2,3)47-81(19,20)54-41-63(73(96)71(43-54)94-67-28-24-50(77(7,8)9)37-59(67)60-38-51(78(10,11)12)25-29-68(60)94)64-45-58(87)46-66(85(91,92)93)74(64)98-32-23-33-99-83(97)65(49-34-56(84(88,89)90)36-57(86)35-49)42-55(82(21,22)48-76(4,5)6)44-72(83)95-69-30-26-52(79(13,14)15)39-61(69)62-40-53(80(16,17)18)27-31-70(62)95;/h24-31,34-46,72,96-97H,23,32-33,47-48H2,1-22H3;. The summed E-state index contributed by atoms with van der Waals surface area (Å²) in [5, 5.41) is 30.7. The molecule has 0 saturated carbocycles. The van der Waals surface area contributed by atoms with Crippen LogP contribution in [0.15, 0.2) is 133 Å². The van der Waals surface area contributed by atoms with Crippen LogP contribution in [0.25, 0.3) is 66.0 Å². The number of alkyl halides is 6. The molecule has 0 spiro atoms. The number of benzene rings is 7. The summed E-state index contributed by atoms with van der Waals surface area (Å²) in [4.78, 5) is 0. The van der Waals surface area contributed by atoms with Gasteiger partial charge < -0.3 is 28.8 Å². The molecule has 0 bridgehead atoms. The van der Waals surface area contributed by atoms with Crippen LogP contribution in [0.1, 0.15) is 222 Å². The molecular formula is C85H100F8HfN2O4. The fraction of sp³-hybridized carbons (Fsp3) is 0.459. The van der Waals surface area contributed by atoms with Gasteiger partial charge in [-0.1, -0.05) is 183 Å². The van der Waals surface area contributed by atoms with Crippen molar-refractivity contribution in [2.24, 2.45) is 16.2 Å². The van der Waals surface area contributed by atoms with E-state index in [0.717, 1.165) is 73.0 Å². The summed E-state index contributed by atoms with van der Waals surface area (Å²) >= 11 is 0. The molecule has 7 aromatic carbocycles. The molecule has 0 radical (unpaired) electrons. The second-order valence-electron chi connectivity index (χ2n) is 35.7. The van der Waals surface area contributed by atoms with E-state index < -0.39 is 82.5 Å². The third kappa shape index (κ3) is 15.7. The molecule has 0 amide bonds. The van der Waals surface area contributed by atoms with Gasteiger partial charge in [-0.25, -0.2) is 8.78 Å². The van der Waals surface area contributed by atoms with Crippen molar-refractivity contribution in [3.63, 3.8) is 0 Å². The van der Waals surface area contributed by atoms with Crippen LogP contribution >= 0.6 is 0 Å². The first kappa shape index (κ1) is 77.6. The molecule has 9 aromatic rings. The summed E-state index contributed by atoms with van der Waals surface area (Å²) in [7, 11) is 0. The van der Waals surface area contributed by atoms with E-state index in [1.807, 2.05) is 97.5 Å². The Balaban J connectivity index is 0.0000117. The molecule has 15 heteroatoms. The average Bonchev–Trinajstić information content (AvgIpc) is 1.46. The molecule has 2 heterocycles. The predicted octanol–water partition coefficient (Wildman–Crippen LogP) is 24.7. The van der Waals surface area contributed by atoms with Crippen molar-refractivity contribution < 1.29 is 80.7 Å². The quantitative estimate of drug-likeness (QED) is 0.0493. The summed E-state index contributed by atoms with van der Waals surface area (Å²) < 4.78 is 142. The molecule has 1 aliphatic rings. The van der Waals surface area contributed by atoms with Crippen molar-refractivity contribution in [1.29, 1.82) is 0 Å². The molecule has 0 aliphatic heterocycles. The predicted molar refractivity (Wildman–Crippen MR) is 390 cm³/mol. The molecule has 100 heavy (non-hydrogen) atoms. The molecule has 2 unspecified atom stereocenters. The van der Waals surface area contributed by atoms with E-state index in [4.69, 9.17) is 9.47 Å². The van der Waals surface area contributed by atoms with E-state index in [-0.39, 0.29) is 92.7 Å². The van der Waals surface area contributed by atoms with Gasteiger partial charge in [0.2, 0.25) is 5.79 Å². The number of aliphatic hydroxyl groups is 1. The minimum absolute atomic E-state index is 0. The zero-order valence-electron chi connectivity index (χ0n) is 62.4. The van der Waals surface area contributed by atoms with Gasteiger partial charge in [-0.15, -0.1) is 0 Å². The van der Waals surface area contributed by atoms with Crippen molar-refractivity contribution in [1.82, 2.24) is 9.13 Å².